The molecular formula is C13H19N3O. The summed E-state index contributed by atoms with van der Waals surface area (Å²) in [5.74, 6) is 0.0807. The molecule has 0 aromatic heterocycles. The number of hydrogen-bond donors (Lipinski definition) is 2. The Hall–Kier alpha value is -1.55. The number of nitrogens with one attached hydrogen (secondary N) is 1. The molecule has 0 aliphatic carbocycles. The summed E-state index contributed by atoms with van der Waals surface area (Å²) in [5, 5.41) is 1.87. The van der Waals surface area contributed by atoms with Crippen LogP contribution in [0.2, 0.25) is 0 Å². The van der Waals surface area contributed by atoms with Gasteiger partial charge in [-0.2, -0.15) is 0 Å². The van der Waals surface area contributed by atoms with Crippen LogP contribution in [0, 0.1) is 0 Å². The molecule has 0 bridgehead atoms. The molecule has 0 radical (unpaired) electrons. The fourth-order valence-corrected chi connectivity index (χ4v) is 1.99. The summed E-state index contributed by atoms with van der Waals surface area (Å²) in [4.78, 5) is 11.1. The highest BCUT2D eigenvalue weighted by molar-refractivity contribution is 5.81. The molecule has 1 aromatic rings. The van der Waals surface area contributed by atoms with E-state index in [2.05, 4.69) is 17.6 Å². The van der Waals surface area contributed by atoms with Crippen LogP contribution in [-0.4, -0.2) is 18.0 Å². The lowest BCUT2D eigenvalue weighted by Crippen LogP contribution is -2.34. The van der Waals surface area contributed by atoms with Crippen LogP contribution in [0.4, 0.5) is 5.69 Å². The van der Waals surface area contributed by atoms with E-state index < -0.39 is 0 Å². The standard InChI is InChI=1S/C13H19N3O/c1-13(2,14)9-10-3-5-11(6-4-10)16-8-7-12(17)15-16/h3-6H,7-9,14H2,1-2H3,(H,15,17). The Morgan fingerprint density at radius 1 is 1.35 bits per heavy atom. The number of nitrogens with zero attached hydrogens (tertiary/aromatic N) is 1. The van der Waals surface area contributed by atoms with Gasteiger partial charge in [0.15, 0.2) is 0 Å². The maximum absolute atomic E-state index is 11.1. The predicted octanol–water partition coefficient (Wildman–Crippen LogP) is 1.21. The van der Waals surface area contributed by atoms with E-state index in [1.54, 1.807) is 0 Å². The number of anilines is 1. The molecule has 1 fully saturated rings. The van der Waals surface area contributed by atoms with Gasteiger partial charge in [-0.05, 0) is 38.0 Å². The molecule has 4 heteroatoms. The second-order valence-electron chi connectivity index (χ2n) is 5.27. The highest BCUT2D eigenvalue weighted by Crippen LogP contribution is 2.18. The van der Waals surface area contributed by atoms with Crippen LogP contribution in [-0.2, 0) is 11.2 Å². The largest absolute Gasteiger partial charge is 0.325 e. The second kappa shape index (κ2) is 4.37. The van der Waals surface area contributed by atoms with E-state index in [4.69, 9.17) is 5.73 Å². The topological polar surface area (TPSA) is 58.4 Å². The zero-order valence-corrected chi connectivity index (χ0v) is 10.4. The van der Waals surface area contributed by atoms with Crippen LogP contribution in [0.3, 0.4) is 0 Å². The number of benzene rings is 1. The van der Waals surface area contributed by atoms with Crippen molar-refractivity contribution in [1.29, 1.82) is 0 Å². The second-order valence-corrected chi connectivity index (χ2v) is 5.27. The number of hydrogen-bond acceptors (Lipinski definition) is 3. The Balaban J connectivity index is 2.05. The maximum Gasteiger partial charge on any atom is 0.240 e. The molecule has 1 aliphatic heterocycles. The molecule has 0 atom stereocenters. The minimum absolute atomic E-state index is 0.0807. The fourth-order valence-electron chi connectivity index (χ4n) is 1.99. The van der Waals surface area contributed by atoms with Crippen LogP contribution in [0.25, 0.3) is 0 Å². The van der Waals surface area contributed by atoms with E-state index >= 15 is 0 Å². The van der Waals surface area contributed by atoms with Gasteiger partial charge in [0.2, 0.25) is 5.91 Å². The van der Waals surface area contributed by atoms with E-state index in [9.17, 15) is 4.79 Å². The first-order valence-electron chi connectivity index (χ1n) is 5.89. The molecule has 0 spiro atoms. The van der Waals surface area contributed by atoms with Gasteiger partial charge in [-0.25, -0.2) is 0 Å². The lowest BCUT2D eigenvalue weighted by atomic mass is 9.96. The van der Waals surface area contributed by atoms with E-state index in [1.165, 1.54) is 5.56 Å². The van der Waals surface area contributed by atoms with Crippen molar-refractivity contribution in [3.63, 3.8) is 0 Å². The zero-order chi connectivity index (χ0) is 12.5. The minimum Gasteiger partial charge on any atom is -0.325 e. The zero-order valence-electron chi connectivity index (χ0n) is 10.4. The highest BCUT2D eigenvalue weighted by Gasteiger charge is 2.18. The van der Waals surface area contributed by atoms with E-state index in [-0.39, 0.29) is 11.4 Å². The van der Waals surface area contributed by atoms with Crippen molar-refractivity contribution in [2.24, 2.45) is 5.73 Å². The van der Waals surface area contributed by atoms with Crippen molar-refractivity contribution in [2.75, 3.05) is 11.6 Å². The summed E-state index contributed by atoms with van der Waals surface area (Å²) >= 11 is 0. The lowest BCUT2D eigenvalue weighted by Gasteiger charge is -2.20. The molecule has 1 aromatic carbocycles. The van der Waals surface area contributed by atoms with Crippen molar-refractivity contribution in [2.45, 2.75) is 32.2 Å². The van der Waals surface area contributed by atoms with Crippen molar-refractivity contribution in [3.8, 4) is 0 Å². The first-order valence-corrected chi connectivity index (χ1v) is 5.89. The fraction of sp³-hybridized carbons (Fsp3) is 0.462. The predicted molar refractivity (Wildman–Crippen MR) is 68.5 cm³/mol. The maximum atomic E-state index is 11.1. The number of amides is 1. The molecule has 2 rings (SSSR count). The molecule has 4 nitrogen and oxygen atoms in total. The third-order valence-corrected chi connectivity index (χ3v) is 2.73. The first-order chi connectivity index (χ1) is 7.94. The number of hydrazine groups is 1. The van der Waals surface area contributed by atoms with Crippen LogP contribution in [0.15, 0.2) is 24.3 Å². The molecule has 1 aliphatic rings. The van der Waals surface area contributed by atoms with E-state index in [0.717, 1.165) is 18.7 Å². The van der Waals surface area contributed by atoms with Crippen LogP contribution >= 0.6 is 0 Å². The Kier molecular flexibility index (Phi) is 3.07. The Labute approximate surface area is 102 Å². The normalized spacial score (nSPS) is 16.2. The van der Waals surface area contributed by atoms with E-state index in [0.29, 0.717) is 6.42 Å². The monoisotopic (exact) mass is 233 g/mol. The molecule has 0 unspecified atom stereocenters. The average Bonchev–Trinajstić information content (AvgIpc) is 2.63. The van der Waals surface area contributed by atoms with Crippen LogP contribution < -0.4 is 16.2 Å². The summed E-state index contributed by atoms with van der Waals surface area (Å²) in [6, 6.07) is 8.17. The lowest BCUT2D eigenvalue weighted by molar-refractivity contribution is -0.119. The van der Waals surface area contributed by atoms with Gasteiger partial charge in [-0.3, -0.25) is 15.2 Å². The average molecular weight is 233 g/mol. The molecule has 0 saturated carbocycles. The Bertz CT molecular complexity index is 406. The molecule has 17 heavy (non-hydrogen) atoms. The Morgan fingerprint density at radius 2 is 2.00 bits per heavy atom. The Morgan fingerprint density at radius 3 is 2.47 bits per heavy atom. The third kappa shape index (κ3) is 3.20. The summed E-state index contributed by atoms with van der Waals surface area (Å²) in [6.07, 6.45) is 1.41. The third-order valence-electron chi connectivity index (χ3n) is 2.73. The SMILES string of the molecule is CC(C)(N)Cc1ccc(N2CCC(=O)N2)cc1. The van der Waals surface area contributed by atoms with Gasteiger partial charge in [0.25, 0.3) is 0 Å². The van der Waals surface area contributed by atoms with Crippen molar-refractivity contribution >= 4 is 11.6 Å². The highest BCUT2D eigenvalue weighted by atomic mass is 16.2. The molecule has 1 amide bonds. The van der Waals surface area contributed by atoms with Crippen LogP contribution in [0.1, 0.15) is 25.8 Å². The first kappa shape index (κ1) is 11.9. The molecule has 92 valence electrons. The minimum atomic E-state index is -0.191. The van der Waals surface area contributed by atoms with Gasteiger partial charge >= 0.3 is 0 Å². The van der Waals surface area contributed by atoms with Gasteiger partial charge in [-0.15, -0.1) is 0 Å². The van der Waals surface area contributed by atoms with E-state index in [1.807, 2.05) is 31.0 Å². The number of carbonyl (C=O) groups is 1. The molecular weight excluding hydrogens is 214 g/mol. The summed E-state index contributed by atoms with van der Waals surface area (Å²) in [6.45, 7) is 4.77. The van der Waals surface area contributed by atoms with Gasteiger partial charge in [0.05, 0.1) is 5.69 Å². The van der Waals surface area contributed by atoms with Crippen molar-refractivity contribution in [1.82, 2.24) is 5.43 Å². The summed E-state index contributed by atoms with van der Waals surface area (Å²) in [5.41, 5.74) is 10.8. The quantitative estimate of drug-likeness (QED) is 0.825. The van der Waals surface area contributed by atoms with Gasteiger partial charge in [0, 0.05) is 18.5 Å². The van der Waals surface area contributed by atoms with Gasteiger partial charge in [0.1, 0.15) is 0 Å². The summed E-state index contributed by atoms with van der Waals surface area (Å²) < 4.78 is 0. The number of carbonyl (C=O) groups excluding carboxylic acids is 1. The molecule has 1 saturated heterocycles. The van der Waals surface area contributed by atoms with Crippen molar-refractivity contribution in [3.05, 3.63) is 29.8 Å². The van der Waals surface area contributed by atoms with Crippen molar-refractivity contribution < 1.29 is 4.79 Å². The number of nitrogens with two attached hydrogens (primary N) is 1. The van der Waals surface area contributed by atoms with Gasteiger partial charge < -0.3 is 5.73 Å². The molecule has 3 N–H and O–H groups in total. The summed E-state index contributed by atoms with van der Waals surface area (Å²) in [7, 11) is 0. The van der Waals surface area contributed by atoms with Crippen LogP contribution in [0.5, 0.6) is 0 Å². The number of rotatable bonds is 3. The molecule has 1 heterocycles. The smallest absolute Gasteiger partial charge is 0.240 e. The van der Waals surface area contributed by atoms with Gasteiger partial charge in [-0.1, -0.05) is 12.1 Å².